The maximum absolute atomic E-state index is 2.32. The summed E-state index contributed by atoms with van der Waals surface area (Å²) in [5, 5.41) is 0. The first-order valence-electron chi connectivity index (χ1n) is 6.91. The molecule has 94 valence electrons. The second-order valence-electron chi connectivity index (χ2n) is 6.12. The van der Waals surface area contributed by atoms with E-state index >= 15 is 0 Å². The van der Waals surface area contributed by atoms with Crippen molar-refractivity contribution in [2.45, 2.75) is 54.4 Å². The third-order valence-electron chi connectivity index (χ3n) is 5.17. The van der Waals surface area contributed by atoms with E-state index in [0.717, 1.165) is 12.8 Å². The normalized spacial score (nSPS) is 17.7. The maximum atomic E-state index is 2.32. The van der Waals surface area contributed by atoms with Gasteiger partial charge in [-0.05, 0) is 98.9 Å². The molecule has 0 unspecified atom stereocenters. The molecule has 0 saturated heterocycles. The molecule has 0 bridgehead atoms. The van der Waals surface area contributed by atoms with Crippen molar-refractivity contribution in [3.8, 4) is 0 Å². The summed E-state index contributed by atoms with van der Waals surface area (Å²) in [6.45, 7) is 13.8. The van der Waals surface area contributed by atoms with Crippen LogP contribution in [0.4, 0.5) is 0 Å². The van der Waals surface area contributed by atoms with Crippen LogP contribution >= 0.6 is 0 Å². The Morgan fingerprint density at radius 2 is 0.889 bits per heavy atom. The van der Waals surface area contributed by atoms with Crippen molar-refractivity contribution >= 4 is 11.1 Å². The standard InChI is InChI=1S/C18H22/c1-9-7-15-13(5)18-12(4)10(2)8-16(18)14(6)17(15)11(9)3/h7-8H2,1-6H3. The van der Waals surface area contributed by atoms with Crippen molar-refractivity contribution in [3.05, 3.63) is 44.5 Å². The third kappa shape index (κ3) is 1.27. The van der Waals surface area contributed by atoms with Crippen molar-refractivity contribution < 1.29 is 0 Å². The fourth-order valence-corrected chi connectivity index (χ4v) is 3.81. The molecule has 0 spiro atoms. The molecule has 0 saturated carbocycles. The smallest absolute Gasteiger partial charge is 0.00549 e. The predicted molar refractivity (Wildman–Crippen MR) is 79.9 cm³/mol. The van der Waals surface area contributed by atoms with Crippen LogP contribution in [-0.2, 0) is 12.8 Å². The molecule has 0 heteroatoms. The van der Waals surface area contributed by atoms with Crippen LogP contribution in [0, 0.1) is 13.8 Å². The Hall–Kier alpha value is -1.30. The lowest BCUT2D eigenvalue weighted by atomic mass is 9.87. The van der Waals surface area contributed by atoms with Crippen molar-refractivity contribution in [1.29, 1.82) is 0 Å². The Bertz CT molecular complexity index is 579. The van der Waals surface area contributed by atoms with Crippen LogP contribution in [0.2, 0.25) is 0 Å². The number of allylic oxidation sites excluding steroid dienone is 4. The van der Waals surface area contributed by atoms with E-state index in [1.165, 1.54) is 22.3 Å². The van der Waals surface area contributed by atoms with E-state index in [9.17, 15) is 0 Å². The maximum Gasteiger partial charge on any atom is -0.00549 e. The SMILES string of the molecule is CC1=C(C)c2c(C)c3c(c(C)c2C1)C(C)=C(C)C3. The highest BCUT2D eigenvalue weighted by molar-refractivity contribution is 5.86. The molecule has 1 aromatic rings. The molecule has 3 rings (SSSR count). The van der Waals surface area contributed by atoms with Crippen molar-refractivity contribution in [1.82, 2.24) is 0 Å². The zero-order valence-corrected chi connectivity index (χ0v) is 12.4. The second-order valence-corrected chi connectivity index (χ2v) is 6.12. The Morgan fingerprint density at radius 1 is 0.556 bits per heavy atom. The number of rotatable bonds is 0. The molecule has 2 aliphatic carbocycles. The van der Waals surface area contributed by atoms with Crippen molar-refractivity contribution in [2.24, 2.45) is 0 Å². The molecule has 0 atom stereocenters. The van der Waals surface area contributed by atoms with E-state index in [-0.39, 0.29) is 0 Å². The van der Waals surface area contributed by atoms with E-state index in [1.807, 2.05) is 0 Å². The quantitative estimate of drug-likeness (QED) is 0.596. The number of hydrogen-bond acceptors (Lipinski definition) is 0. The van der Waals surface area contributed by atoms with E-state index in [1.54, 1.807) is 33.4 Å². The Labute approximate surface area is 110 Å². The minimum Gasteiger partial charge on any atom is -0.0654 e. The Kier molecular flexibility index (Phi) is 2.35. The summed E-state index contributed by atoms with van der Waals surface area (Å²) in [6, 6.07) is 0. The van der Waals surface area contributed by atoms with Gasteiger partial charge in [-0.3, -0.25) is 0 Å². The Balaban J connectivity index is 2.37. The van der Waals surface area contributed by atoms with Crippen LogP contribution in [0.15, 0.2) is 11.1 Å². The summed E-state index contributed by atoms with van der Waals surface area (Å²) in [7, 11) is 0. The fraction of sp³-hybridized carbons (Fsp3) is 0.444. The molecule has 18 heavy (non-hydrogen) atoms. The lowest BCUT2D eigenvalue weighted by Crippen LogP contribution is -2.01. The van der Waals surface area contributed by atoms with E-state index in [4.69, 9.17) is 0 Å². The van der Waals surface area contributed by atoms with Crippen LogP contribution in [0.5, 0.6) is 0 Å². The first kappa shape index (κ1) is 11.8. The largest absolute Gasteiger partial charge is 0.0654 e. The average Bonchev–Trinajstić information content (AvgIpc) is 2.78. The first-order valence-corrected chi connectivity index (χ1v) is 6.91. The van der Waals surface area contributed by atoms with Crippen molar-refractivity contribution in [2.75, 3.05) is 0 Å². The highest BCUT2D eigenvalue weighted by Gasteiger charge is 2.28. The van der Waals surface area contributed by atoms with Gasteiger partial charge < -0.3 is 0 Å². The average molecular weight is 238 g/mol. The Morgan fingerprint density at radius 3 is 1.22 bits per heavy atom. The van der Waals surface area contributed by atoms with Gasteiger partial charge in [0.15, 0.2) is 0 Å². The number of fused-ring (bicyclic) bond motifs is 2. The predicted octanol–water partition coefficient (Wildman–Crippen LogP) is 5.00. The lowest BCUT2D eigenvalue weighted by Gasteiger charge is -2.17. The minimum atomic E-state index is 1.16. The molecular weight excluding hydrogens is 216 g/mol. The van der Waals surface area contributed by atoms with Gasteiger partial charge in [0.05, 0.1) is 0 Å². The molecule has 0 aromatic heterocycles. The first-order chi connectivity index (χ1) is 8.43. The van der Waals surface area contributed by atoms with E-state index in [2.05, 4.69) is 41.5 Å². The fourth-order valence-electron chi connectivity index (χ4n) is 3.81. The third-order valence-corrected chi connectivity index (χ3v) is 5.17. The van der Waals surface area contributed by atoms with Gasteiger partial charge in [0, 0.05) is 0 Å². The summed E-state index contributed by atoms with van der Waals surface area (Å²) >= 11 is 0. The summed E-state index contributed by atoms with van der Waals surface area (Å²) in [6.07, 6.45) is 2.32. The molecule has 0 nitrogen and oxygen atoms in total. The van der Waals surface area contributed by atoms with E-state index in [0.29, 0.717) is 0 Å². The van der Waals surface area contributed by atoms with Gasteiger partial charge in [-0.1, -0.05) is 11.1 Å². The minimum absolute atomic E-state index is 1.16. The topological polar surface area (TPSA) is 0 Å². The van der Waals surface area contributed by atoms with Crippen LogP contribution in [0.3, 0.4) is 0 Å². The molecule has 0 fully saturated rings. The summed E-state index contributed by atoms with van der Waals surface area (Å²) in [5.74, 6) is 0. The van der Waals surface area contributed by atoms with Gasteiger partial charge in [0.1, 0.15) is 0 Å². The molecule has 0 heterocycles. The highest BCUT2D eigenvalue weighted by Crippen LogP contribution is 2.45. The monoisotopic (exact) mass is 238 g/mol. The van der Waals surface area contributed by atoms with Gasteiger partial charge in [-0.2, -0.15) is 0 Å². The van der Waals surface area contributed by atoms with Gasteiger partial charge in [0.2, 0.25) is 0 Å². The van der Waals surface area contributed by atoms with Crippen molar-refractivity contribution in [3.63, 3.8) is 0 Å². The molecule has 2 aliphatic rings. The summed E-state index contributed by atoms with van der Waals surface area (Å²) in [5.41, 5.74) is 15.5. The number of benzene rings is 1. The van der Waals surface area contributed by atoms with Gasteiger partial charge in [-0.15, -0.1) is 0 Å². The van der Waals surface area contributed by atoms with Gasteiger partial charge in [-0.25, -0.2) is 0 Å². The zero-order valence-electron chi connectivity index (χ0n) is 12.4. The van der Waals surface area contributed by atoms with E-state index < -0.39 is 0 Å². The molecule has 0 N–H and O–H groups in total. The van der Waals surface area contributed by atoms with Crippen LogP contribution in [0.1, 0.15) is 61.1 Å². The highest BCUT2D eigenvalue weighted by atomic mass is 14.3. The molecule has 0 radical (unpaired) electrons. The van der Waals surface area contributed by atoms with Crippen LogP contribution in [-0.4, -0.2) is 0 Å². The summed E-state index contributed by atoms with van der Waals surface area (Å²) < 4.78 is 0. The van der Waals surface area contributed by atoms with Crippen LogP contribution < -0.4 is 0 Å². The molecule has 1 aromatic carbocycles. The molecular formula is C18H22. The molecule has 0 aliphatic heterocycles. The summed E-state index contributed by atoms with van der Waals surface area (Å²) in [4.78, 5) is 0. The number of hydrogen-bond donors (Lipinski definition) is 0. The van der Waals surface area contributed by atoms with Gasteiger partial charge >= 0.3 is 0 Å². The second kappa shape index (κ2) is 3.60. The van der Waals surface area contributed by atoms with Gasteiger partial charge in [0.25, 0.3) is 0 Å². The molecule has 0 amide bonds. The van der Waals surface area contributed by atoms with Crippen LogP contribution in [0.25, 0.3) is 11.1 Å². The zero-order chi connectivity index (χ0) is 13.2. The lowest BCUT2D eigenvalue weighted by molar-refractivity contribution is 1.11.